The van der Waals surface area contributed by atoms with E-state index in [9.17, 15) is 83.5 Å². The lowest BCUT2D eigenvalue weighted by Gasteiger charge is -2.17. The van der Waals surface area contributed by atoms with Crippen LogP contribution in [0.2, 0.25) is 0 Å². The van der Waals surface area contributed by atoms with Crippen LogP contribution < -0.4 is 15.2 Å². The fourth-order valence-corrected chi connectivity index (χ4v) is 10.4. The molecule has 2 atom stereocenters. The zero-order valence-corrected chi connectivity index (χ0v) is 38.0. The molecule has 0 saturated heterocycles. The summed E-state index contributed by atoms with van der Waals surface area (Å²) in [4.78, 5) is 20.6. The number of allylic oxidation sites excluding steroid dienone is 1. The minimum atomic E-state index is -5.19. The van der Waals surface area contributed by atoms with E-state index in [-0.39, 0.29) is 67.1 Å². The second-order valence-electron chi connectivity index (χ2n) is 16.3. The minimum Gasteiger partial charge on any atom is -0.478 e. The predicted octanol–water partition coefficient (Wildman–Crippen LogP) is 11.0. The largest absolute Gasteiger partial charge is 0.478 e. The summed E-state index contributed by atoms with van der Waals surface area (Å²) < 4.78 is 226. The molecule has 5 N–H and O–H groups in total. The molecule has 2 aliphatic carbocycles. The molecule has 0 aromatic heterocycles. The number of carbonyl (C=O) groups excluding carboxylic acids is 1. The number of hydrogen-bond acceptors (Lipinski definition) is 7. The SMILES string of the molecule is Nc1cc(F)ccc1CC(=O)/C=C/c1ccc2c(c1)CCC2NS(=O)(=O)c1cc(C(F)(F)F)cc(C(F)(F)F)c1.O=C(O)/C=C/c1ccc2c(c1)CCC2NS(=O)(=O)c1cc(C(F)(F)F)cc(C(F)(F)F)c1. The Labute approximate surface area is 401 Å². The number of alkyl halides is 12. The van der Waals surface area contributed by atoms with Gasteiger partial charge in [-0.05, 0) is 125 Å². The van der Waals surface area contributed by atoms with E-state index in [1.807, 2.05) is 0 Å². The molecule has 72 heavy (non-hydrogen) atoms. The van der Waals surface area contributed by atoms with E-state index in [0.717, 1.165) is 12.1 Å². The van der Waals surface area contributed by atoms with Gasteiger partial charge in [0.2, 0.25) is 20.0 Å². The van der Waals surface area contributed by atoms with Crippen molar-refractivity contribution in [3.63, 3.8) is 0 Å². The van der Waals surface area contributed by atoms with Gasteiger partial charge in [-0.25, -0.2) is 35.5 Å². The summed E-state index contributed by atoms with van der Waals surface area (Å²) in [6, 6.07) is 11.9. The molecule has 0 heterocycles. The average molecular weight is 1070 g/mol. The first-order chi connectivity index (χ1) is 33.2. The zero-order valence-electron chi connectivity index (χ0n) is 36.4. The number of nitrogens with two attached hydrogens (primary N) is 1. The van der Waals surface area contributed by atoms with Crippen molar-refractivity contribution in [1.82, 2.24) is 9.44 Å². The second kappa shape index (κ2) is 20.5. The first kappa shape index (κ1) is 54.8. The highest BCUT2D eigenvalue weighted by Gasteiger charge is 2.41. The van der Waals surface area contributed by atoms with Crippen molar-refractivity contribution in [1.29, 1.82) is 0 Å². The first-order valence-electron chi connectivity index (χ1n) is 20.7. The molecule has 0 amide bonds. The Kier molecular flexibility index (Phi) is 15.6. The van der Waals surface area contributed by atoms with Gasteiger partial charge in [0.15, 0.2) is 5.78 Å². The van der Waals surface area contributed by atoms with E-state index in [1.165, 1.54) is 42.5 Å². The standard InChI is InChI=1S/C27H21F7N2O3S.C20H15F6NO4S/c28-20-5-3-17(24(35)14-20)10-21(37)6-1-15-2-7-23-16(9-15)4-8-25(23)36-40(38,39)22-12-18(26(29,30)31)11-19(13-22)27(32,33)34;21-19(22,23)13-8-14(20(24,25)26)10-15(9-13)32(30,31)27-17-5-3-12-7-11(1-4-16(12)17)2-6-18(28)29/h1-3,5-7,9,11-14,25,36H,4,8,10,35H2;1-2,4,6-10,17,27H,3,5H2,(H,28,29)/b6-1+;6-2+. The average Bonchev–Trinajstić information content (AvgIpc) is 3.86. The Balaban J connectivity index is 0.000000241. The summed E-state index contributed by atoms with van der Waals surface area (Å²) in [5.74, 6) is -1.98. The molecule has 0 aliphatic heterocycles. The van der Waals surface area contributed by atoms with E-state index in [4.69, 9.17) is 10.8 Å². The third-order valence-corrected chi connectivity index (χ3v) is 14.1. The fraction of sp³-hybridized carbons (Fsp3) is 0.234. The van der Waals surface area contributed by atoms with Crippen LogP contribution in [0, 0.1) is 5.82 Å². The fourth-order valence-electron chi connectivity index (χ4n) is 7.73. The molecule has 0 fully saturated rings. The number of fused-ring (bicyclic) bond motifs is 2. The van der Waals surface area contributed by atoms with E-state index in [1.54, 1.807) is 24.3 Å². The van der Waals surface area contributed by atoms with Crippen LogP contribution in [0.1, 0.15) is 86.1 Å². The minimum absolute atomic E-state index is 0.0526. The maximum atomic E-state index is 13.2. The number of nitrogen functional groups attached to an aromatic ring is 1. The van der Waals surface area contributed by atoms with Gasteiger partial charge in [0.05, 0.1) is 32.0 Å². The number of sulfonamides is 2. The predicted molar refractivity (Wildman–Crippen MR) is 234 cm³/mol. The van der Waals surface area contributed by atoms with Gasteiger partial charge in [0.25, 0.3) is 0 Å². The van der Waals surface area contributed by atoms with Crippen molar-refractivity contribution in [2.45, 2.75) is 78.7 Å². The van der Waals surface area contributed by atoms with Gasteiger partial charge >= 0.3 is 30.7 Å². The second-order valence-corrected chi connectivity index (χ2v) is 19.7. The number of anilines is 1. The number of nitrogens with one attached hydrogen (secondary N) is 2. The van der Waals surface area contributed by atoms with Crippen LogP contribution in [-0.2, 0) is 73.6 Å². The number of rotatable bonds is 12. The molecule has 2 unspecified atom stereocenters. The number of halogens is 13. The van der Waals surface area contributed by atoms with E-state index in [0.29, 0.717) is 51.8 Å². The van der Waals surface area contributed by atoms with Gasteiger partial charge in [-0.15, -0.1) is 0 Å². The van der Waals surface area contributed by atoms with Crippen molar-refractivity contribution in [2.75, 3.05) is 5.73 Å². The lowest BCUT2D eigenvalue weighted by molar-refractivity contribution is -0.145. The number of hydrogen-bond donors (Lipinski definition) is 4. The van der Waals surface area contributed by atoms with Crippen molar-refractivity contribution in [3.8, 4) is 0 Å². The number of carbonyl (C=O) groups is 2. The summed E-state index contributed by atoms with van der Waals surface area (Å²) in [6.45, 7) is 0. The molecule has 0 spiro atoms. The summed E-state index contributed by atoms with van der Waals surface area (Å²) in [7, 11) is -9.49. The number of carboxylic acids is 1. The number of carboxylic acid groups (broad SMARTS) is 1. The third kappa shape index (κ3) is 13.7. The summed E-state index contributed by atoms with van der Waals surface area (Å²) >= 11 is 0. The van der Waals surface area contributed by atoms with Gasteiger partial charge < -0.3 is 10.8 Å². The van der Waals surface area contributed by atoms with Crippen LogP contribution in [0.3, 0.4) is 0 Å². The topological polar surface area (TPSA) is 173 Å². The number of aliphatic carboxylic acids is 1. The molecular weight excluding hydrogens is 1030 g/mol. The highest BCUT2D eigenvalue weighted by atomic mass is 32.2. The normalized spacial score (nSPS) is 16.4. The van der Waals surface area contributed by atoms with Crippen molar-refractivity contribution in [2.24, 2.45) is 0 Å². The highest BCUT2D eigenvalue weighted by molar-refractivity contribution is 7.89. The molecule has 10 nitrogen and oxygen atoms in total. The van der Waals surface area contributed by atoms with E-state index < -0.39 is 101 Å². The quantitative estimate of drug-likeness (QED) is 0.0543. The molecule has 7 rings (SSSR count). The Bertz CT molecular complexity index is 3140. The van der Waals surface area contributed by atoms with Gasteiger partial charge in [-0.3, -0.25) is 4.79 Å². The molecule has 0 saturated carbocycles. The van der Waals surface area contributed by atoms with Crippen LogP contribution in [0.5, 0.6) is 0 Å². The van der Waals surface area contributed by atoms with Crippen molar-refractivity contribution in [3.05, 3.63) is 170 Å². The Hall–Kier alpha value is -6.57. The third-order valence-electron chi connectivity index (χ3n) is 11.2. The van der Waals surface area contributed by atoms with Gasteiger partial charge in [-0.2, -0.15) is 52.7 Å². The van der Waals surface area contributed by atoms with Crippen molar-refractivity contribution >= 4 is 49.6 Å². The Morgan fingerprint density at radius 3 is 1.32 bits per heavy atom. The van der Waals surface area contributed by atoms with Crippen LogP contribution in [-0.4, -0.2) is 33.7 Å². The number of benzene rings is 5. The van der Waals surface area contributed by atoms with Gasteiger partial charge in [0.1, 0.15) is 5.82 Å². The molecular formula is C47H36F13N3O7S2. The molecule has 0 radical (unpaired) electrons. The number of aryl methyl sites for hydroxylation is 2. The van der Waals surface area contributed by atoms with Gasteiger partial charge in [-0.1, -0.05) is 48.5 Å². The molecule has 5 aromatic rings. The lowest BCUT2D eigenvalue weighted by atomic mass is 10.0. The maximum Gasteiger partial charge on any atom is 0.416 e. The lowest BCUT2D eigenvalue weighted by Crippen LogP contribution is -2.28. The summed E-state index contributed by atoms with van der Waals surface area (Å²) in [5.41, 5.74) is 2.95. The van der Waals surface area contributed by atoms with Gasteiger partial charge in [0, 0.05) is 30.3 Å². The Morgan fingerprint density at radius 1 is 0.569 bits per heavy atom. The zero-order chi connectivity index (χ0) is 53.4. The smallest absolute Gasteiger partial charge is 0.416 e. The van der Waals surface area contributed by atoms with E-state index in [2.05, 4.69) is 9.44 Å². The molecule has 25 heteroatoms. The molecule has 0 bridgehead atoms. The highest BCUT2D eigenvalue weighted by Crippen LogP contribution is 2.41. The van der Waals surface area contributed by atoms with Crippen LogP contribution in [0.4, 0.5) is 62.8 Å². The monoisotopic (exact) mass is 1070 g/mol. The van der Waals surface area contributed by atoms with E-state index >= 15 is 0 Å². The molecule has 2 aliphatic rings. The number of ketones is 1. The first-order valence-corrected chi connectivity index (χ1v) is 23.7. The molecule has 384 valence electrons. The van der Waals surface area contributed by atoms with Crippen LogP contribution in [0.15, 0.2) is 113 Å². The maximum absolute atomic E-state index is 13.2. The molecule has 5 aromatic carbocycles. The van der Waals surface area contributed by atoms with Crippen LogP contribution in [0.25, 0.3) is 12.2 Å². The Morgan fingerprint density at radius 2 is 0.958 bits per heavy atom. The summed E-state index contributed by atoms with van der Waals surface area (Å²) in [6.07, 6.45) is -14.5. The summed E-state index contributed by atoms with van der Waals surface area (Å²) in [5, 5.41) is 8.68. The van der Waals surface area contributed by atoms with Crippen LogP contribution >= 0.6 is 0 Å². The van der Waals surface area contributed by atoms with Crippen molar-refractivity contribution < 1.29 is 88.6 Å².